The van der Waals surface area contributed by atoms with Crippen molar-refractivity contribution in [1.29, 1.82) is 0 Å². The molecule has 0 radical (unpaired) electrons. The number of nitrogens with two attached hydrogens (primary N) is 2. The number of aromatic hydroxyl groups is 1. The van der Waals surface area contributed by atoms with Crippen LogP contribution in [0.25, 0.3) is 5.57 Å². The van der Waals surface area contributed by atoms with Gasteiger partial charge in [0, 0.05) is 6.54 Å². The fourth-order valence-corrected chi connectivity index (χ4v) is 12.7. The number of aliphatic hydroxyl groups excluding tert-OH is 1. The Kier molecular flexibility index (Phi) is 85.6. The number of rotatable bonds is 34. The molecule has 7 rings (SSSR count). The number of nitrogens with zero attached hydrogens (tertiary/aromatic N) is 1. The minimum absolute atomic E-state index is 0. The summed E-state index contributed by atoms with van der Waals surface area (Å²) in [6.45, 7) is 33.9. The number of nitrogens with one attached hydrogen (secondary N) is 10. The molecule has 0 aromatic heterocycles. The van der Waals surface area contributed by atoms with Gasteiger partial charge in [-0.25, -0.2) is 0 Å². The number of Topliss-reactive ketones (excluding diaryl/α,β-unsaturated/α-hetero) is 10. The molecule has 0 saturated heterocycles. The van der Waals surface area contributed by atoms with Crippen molar-refractivity contribution in [2.75, 3.05) is 83.6 Å². The molecule has 25 heteroatoms. The number of guanidine groups is 1. The first-order valence-electron chi connectivity index (χ1n) is 41.6. The molecule has 4 aliphatic rings. The number of fused-ring (bicyclic) bond motifs is 1. The Morgan fingerprint density at radius 2 is 0.795 bits per heavy atom. The van der Waals surface area contributed by atoms with Gasteiger partial charge in [0.1, 0.15) is 57.8 Å². The van der Waals surface area contributed by atoms with Crippen LogP contribution in [-0.4, -0.2) is 214 Å². The molecule has 0 spiro atoms. The van der Waals surface area contributed by atoms with Crippen molar-refractivity contribution in [2.24, 2.45) is 22.4 Å². The van der Waals surface area contributed by atoms with Crippen molar-refractivity contribution in [1.82, 2.24) is 53.2 Å². The van der Waals surface area contributed by atoms with Crippen molar-refractivity contribution in [2.45, 2.75) is 384 Å². The van der Waals surface area contributed by atoms with Gasteiger partial charge in [-0.3, -0.25) is 52.9 Å². The highest BCUT2D eigenvalue weighted by molar-refractivity contribution is 5.91. The number of hydrogen-bond donors (Lipinski definition) is 14. The fraction of sp³-hybridized carbons (Fsp3) is 0.696. The monoisotopic (exact) mass is 1800 g/mol. The maximum absolute atomic E-state index is 11.7. The van der Waals surface area contributed by atoms with Crippen molar-refractivity contribution in [3.8, 4) is 5.75 Å². The number of allylic oxidation sites excluding steroid dienone is 1. The molecule has 0 heterocycles. The number of phenolic OH excluding ortho intramolecular Hbond substituents is 1. The van der Waals surface area contributed by atoms with Gasteiger partial charge >= 0.3 is 0 Å². The van der Waals surface area contributed by atoms with E-state index in [1.165, 1.54) is 61.3 Å². The number of phenols is 1. The van der Waals surface area contributed by atoms with Crippen molar-refractivity contribution >= 4 is 69.4 Å². The van der Waals surface area contributed by atoms with E-state index < -0.39 is 22.2 Å². The fourth-order valence-electron chi connectivity index (χ4n) is 12.7. The predicted octanol–water partition coefficient (Wildman–Crippen LogP) is 16.5. The number of hydrogen-bond acceptors (Lipinski definition) is 23. The lowest BCUT2D eigenvalue weighted by Crippen LogP contribution is -2.50. The van der Waals surface area contributed by atoms with E-state index in [1.54, 1.807) is 110 Å². The molecule has 0 amide bonds. The lowest BCUT2D eigenvalue weighted by atomic mass is 9.79. The molecule has 25 nitrogen and oxygen atoms in total. The van der Waals surface area contributed by atoms with Gasteiger partial charge < -0.3 is 74.8 Å². The Morgan fingerprint density at radius 1 is 0.433 bits per heavy atom. The smallest absolute Gasteiger partial charge is 0.185 e. The summed E-state index contributed by atoms with van der Waals surface area (Å²) in [5, 5.41) is 48.0. The first-order chi connectivity index (χ1) is 54.3. The van der Waals surface area contributed by atoms with E-state index >= 15 is 0 Å². The highest BCUT2D eigenvalue weighted by Gasteiger charge is 2.45. The molecular weight excluding hydrogens is 1600 g/mol. The molecule has 3 aromatic rings. The van der Waals surface area contributed by atoms with Crippen molar-refractivity contribution in [3.05, 3.63) is 107 Å². The number of carbonyl (C=O) groups excluding carboxylic acids is 10. The number of likely N-dealkylation sites (N-methyl/N-ethyl adjacent to an activating group) is 10. The molecule has 0 aliphatic heterocycles. The van der Waals surface area contributed by atoms with Gasteiger partial charge in [-0.1, -0.05) is 193 Å². The minimum Gasteiger partial charge on any atom is -0.508 e. The Hall–Kier alpha value is -7.27. The largest absolute Gasteiger partial charge is 0.508 e. The van der Waals surface area contributed by atoms with E-state index in [9.17, 15) is 47.9 Å². The highest BCUT2D eigenvalue weighted by Crippen LogP contribution is 2.36. The van der Waals surface area contributed by atoms with E-state index in [4.69, 9.17) is 21.7 Å². The average Bonchev–Trinajstić information content (AvgIpc) is 1.64. The summed E-state index contributed by atoms with van der Waals surface area (Å²) in [6.07, 6.45) is 21.0. The van der Waals surface area contributed by atoms with Gasteiger partial charge in [-0.15, -0.1) is 0 Å². The molecule has 16 N–H and O–H groups in total. The van der Waals surface area contributed by atoms with Crippen LogP contribution in [0.15, 0.2) is 89.9 Å². The summed E-state index contributed by atoms with van der Waals surface area (Å²) >= 11 is 0. The Labute approximate surface area is 779 Å². The van der Waals surface area contributed by atoms with Crippen LogP contribution >= 0.6 is 0 Å². The predicted molar refractivity (Wildman–Crippen MR) is 549 cm³/mol. The van der Waals surface area contributed by atoms with Crippen LogP contribution in [0.1, 0.15) is 331 Å². The van der Waals surface area contributed by atoms with Gasteiger partial charge in [-0.2, -0.15) is 0 Å². The zero-order valence-corrected chi connectivity index (χ0v) is 77.7. The van der Waals surface area contributed by atoms with Gasteiger partial charge in [0.05, 0.1) is 62.5 Å². The molecule has 4 aliphatic carbocycles. The number of aliphatic hydroxyl groups is 1. The summed E-state index contributed by atoms with van der Waals surface area (Å²) in [7, 11) is 18.1. The van der Waals surface area contributed by atoms with Crippen LogP contribution in [0, 0.1) is 5.92 Å². The lowest BCUT2D eigenvalue weighted by Gasteiger charge is -2.34. The van der Waals surface area contributed by atoms with Crippen molar-refractivity contribution < 1.29 is 58.2 Å². The molecule has 3 fully saturated rings. The third-order valence-electron chi connectivity index (χ3n) is 24.2. The second-order valence-electron chi connectivity index (χ2n) is 33.3. The number of carbonyl (C=O) groups is 10. The van der Waals surface area contributed by atoms with Crippen LogP contribution in [0.4, 0.5) is 0 Å². The molecule has 6 atom stereocenters. The maximum atomic E-state index is 11.7. The van der Waals surface area contributed by atoms with E-state index in [-0.39, 0.29) is 173 Å². The SMILES string of the molecule is C.C.C.C.C.C.C.C.C.C.CNC(C)(C)C(C)=O.CNC1(C(C)=O)CC1.CNC1(C(C)=O)CCCC1.CNC1(C(C)=O)CCCCC1.CN[C@@H](CCc1ccc(O)cc1)C(C)=O.CN[C@@](C)(CC(C)C)C(C)=O.CN[C@@](C)(CC1=CCc2ccccc21)C(C)=O.CN[C@@](C)(CCCN=C(N)N)C(C)=O.CN[C@@](C)(CO)C(C)=O.CN[C@@](C)(Cc1ccccc1)C(C)=O. The average molecular weight is 1800 g/mol. The van der Waals surface area contributed by atoms with Crippen molar-refractivity contribution in [3.63, 3.8) is 0 Å². The van der Waals surface area contributed by atoms with E-state index in [1.807, 2.05) is 126 Å². The Balaban J connectivity index is -0.000000103. The summed E-state index contributed by atoms with van der Waals surface area (Å²) in [6, 6.07) is 25.5. The van der Waals surface area contributed by atoms with Crippen LogP contribution in [0.3, 0.4) is 0 Å². The molecule has 3 aromatic carbocycles. The summed E-state index contributed by atoms with van der Waals surface area (Å²) in [4.78, 5) is 115. The Morgan fingerprint density at radius 3 is 1.06 bits per heavy atom. The molecule has 0 unspecified atom stereocenters. The lowest BCUT2D eigenvalue weighted by molar-refractivity contribution is -0.125. The van der Waals surface area contributed by atoms with Gasteiger partial charge in [0.2, 0.25) is 0 Å². The van der Waals surface area contributed by atoms with Crippen LogP contribution < -0.4 is 64.6 Å². The second kappa shape index (κ2) is 73.4. The first kappa shape index (κ1) is 148. The summed E-state index contributed by atoms with van der Waals surface area (Å²) < 4.78 is 0. The van der Waals surface area contributed by atoms with Crippen LogP contribution in [-0.2, 0) is 67.2 Å². The topological polar surface area (TPSA) is 396 Å². The third kappa shape index (κ3) is 54.2. The number of aliphatic imine (C=N–C) groups is 1. The van der Waals surface area contributed by atoms with E-state index in [2.05, 4.69) is 102 Å². The quantitative estimate of drug-likeness (QED) is 0.0150. The molecule has 3 saturated carbocycles. The van der Waals surface area contributed by atoms with Crippen LogP contribution in [0.2, 0.25) is 0 Å². The van der Waals surface area contributed by atoms with E-state index in [0.717, 1.165) is 95.5 Å². The second-order valence-corrected chi connectivity index (χ2v) is 33.3. The number of benzene rings is 3. The number of aryl methyl sites for hydroxylation is 1. The van der Waals surface area contributed by atoms with Crippen LogP contribution in [0.5, 0.6) is 5.75 Å². The Bertz CT molecular complexity index is 3530. The minimum atomic E-state index is -0.750. The third-order valence-corrected chi connectivity index (χ3v) is 24.2. The molecule has 0 bridgehead atoms. The maximum Gasteiger partial charge on any atom is 0.185 e. The molecule has 127 heavy (non-hydrogen) atoms. The number of ketones is 10. The normalized spacial score (nSPS) is 15.6. The zero-order valence-electron chi connectivity index (χ0n) is 77.7. The summed E-state index contributed by atoms with van der Waals surface area (Å²) in [5.41, 5.74) is 13.4. The standard InChI is InChI=1S/C15H19NO.C12H17NO2.C12H17NO.C9H20N4O.C9H17NO.C9H19NO.C8H15NO.C6H13NO2.C6H11NO.C6H13NO.10CH4/c1-11(17)15(2,16-3)10-13-9-8-12-6-4-5-7-14(12)13;1-9(14)12(13-2)8-5-10-3-6-11(15)7-4-10;1-10(14)12(2,13-3)9-11-7-5-4-6-8-11;1-7(14)9(2,12-3)5-4-6-13-8(10)11;1-8(11)9(10-2)6-4-3-5-7-9;1-7(2)6-9(4,10-5)8(3)11;1-7(10)8(9-2)5-3-4-6-8;1-5(9)6(2,4-8)7-3;1-5(8)6(7-2)3-4-6;1-5(8)6(2,3)7-4;;;;;;;;;;/h4-7,9,16H,8,10H2,1-3H3;3-4,6-7,12-13,15H,5,8H2,1-2H3;4-8,13H,9H2,1-3H3;12H,4-6H2,1-3H3,(H4,10,11,13);10H,3-7H2,1-2H3;7,10H,6H2,1-5H3;9H,3-6H2,1-2H3;7-8H,4H2,1-3H3;7H,3-4H2,1-2H3;7H,1-4H3;10*1H4/t15-;2*12-;9-;;9-;;6-;;;;;;;;;;;;/m0000.0.0............/s1. The first-order valence-corrected chi connectivity index (χ1v) is 41.6. The van der Waals surface area contributed by atoms with Gasteiger partial charge in [0.25, 0.3) is 0 Å². The van der Waals surface area contributed by atoms with E-state index in [0.29, 0.717) is 24.0 Å². The molecule has 746 valence electrons. The summed E-state index contributed by atoms with van der Waals surface area (Å²) in [5.74, 6) is 2.79. The van der Waals surface area contributed by atoms with Gasteiger partial charge in [0.15, 0.2) is 11.7 Å². The molecular formula is C102H201N13O12. The highest BCUT2D eigenvalue weighted by atomic mass is 16.3. The zero-order chi connectivity index (χ0) is 91.0. The van der Waals surface area contributed by atoms with Gasteiger partial charge in [-0.05, 0) is 324 Å².